The number of hydrogen-bond donors (Lipinski definition) is 0. The molecule has 2 aliphatic heterocycles. The molecule has 0 saturated carbocycles. The fourth-order valence-corrected chi connectivity index (χ4v) is 1.89. The van der Waals surface area contributed by atoms with Crippen LogP contribution in [0.2, 0.25) is 0 Å². The summed E-state index contributed by atoms with van der Waals surface area (Å²) in [7, 11) is 5.55. The lowest BCUT2D eigenvalue weighted by atomic mass is 9.76. The van der Waals surface area contributed by atoms with Crippen molar-refractivity contribution in [3.63, 3.8) is 0 Å². The van der Waals surface area contributed by atoms with Crippen LogP contribution in [-0.2, 0) is 4.74 Å². The second-order valence-corrected chi connectivity index (χ2v) is 3.79. The van der Waals surface area contributed by atoms with Gasteiger partial charge in [-0.15, -0.1) is 0 Å². The molecule has 0 aromatic carbocycles. The van der Waals surface area contributed by atoms with Gasteiger partial charge in [-0.3, -0.25) is 0 Å². The highest BCUT2D eigenvalue weighted by Crippen LogP contribution is 2.37. The minimum Gasteiger partial charge on any atom is -0.380 e. The molecule has 2 fully saturated rings. The van der Waals surface area contributed by atoms with Crippen LogP contribution >= 0.6 is 0 Å². The topological polar surface area (TPSA) is 12.5 Å². The zero-order valence-corrected chi connectivity index (χ0v) is 6.88. The van der Waals surface area contributed by atoms with Gasteiger partial charge in [0.25, 0.3) is 0 Å². The lowest BCUT2D eigenvalue weighted by molar-refractivity contribution is -0.138. The normalized spacial score (nSPS) is 30.2. The van der Waals surface area contributed by atoms with Crippen molar-refractivity contribution in [2.75, 3.05) is 32.7 Å². The Morgan fingerprint density at radius 3 is 2.27 bits per heavy atom. The quantitative estimate of drug-likeness (QED) is 0.497. The first-order valence-electron chi connectivity index (χ1n) is 4.35. The maximum Gasteiger partial charge on any atom is 0.0863 e. The predicted octanol–water partition coefficient (Wildman–Crippen LogP) is 0.225. The third kappa shape index (κ3) is 1.32. The average molecular weight is 151 g/mol. The molecule has 2 nitrogen and oxygen atoms in total. The standard InChI is InChI=1S/C8H14BNO/c9-7-10-3-1-8(2-4-10)5-11-6-8/h1-7H2. The van der Waals surface area contributed by atoms with Crippen LogP contribution in [0, 0.1) is 5.41 Å². The number of likely N-dealkylation sites (tertiary alicyclic amines) is 1. The molecule has 60 valence electrons. The summed E-state index contributed by atoms with van der Waals surface area (Å²) in [4.78, 5) is 2.31. The molecule has 0 amide bonds. The number of piperidine rings is 1. The fraction of sp³-hybridized carbons (Fsp3) is 1.00. The molecule has 2 rings (SSSR count). The molecule has 2 saturated heterocycles. The Morgan fingerprint density at radius 1 is 1.27 bits per heavy atom. The van der Waals surface area contributed by atoms with E-state index in [2.05, 4.69) is 4.90 Å². The van der Waals surface area contributed by atoms with Gasteiger partial charge in [-0.2, -0.15) is 0 Å². The van der Waals surface area contributed by atoms with Gasteiger partial charge in [0.1, 0.15) is 0 Å². The third-order valence-electron chi connectivity index (χ3n) is 2.99. The smallest absolute Gasteiger partial charge is 0.0863 e. The summed E-state index contributed by atoms with van der Waals surface area (Å²) in [5.41, 5.74) is 0.561. The third-order valence-corrected chi connectivity index (χ3v) is 2.99. The minimum atomic E-state index is 0.561. The molecule has 0 aromatic rings. The first kappa shape index (κ1) is 7.62. The Labute approximate surface area is 69.3 Å². The molecule has 1 spiro atoms. The van der Waals surface area contributed by atoms with Gasteiger partial charge in [-0.1, -0.05) is 0 Å². The van der Waals surface area contributed by atoms with Crippen molar-refractivity contribution in [3.8, 4) is 0 Å². The lowest BCUT2D eigenvalue weighted by Crippen LogP contribution is -2.50. The summed E-state index contributed by atoms with van der Waals surface area (Å²) < 4.78 is 5.23. The molecule has 3 heteroatoms. The van der Waals surface area contributed by atoms with Crippen molar-refractivity contribution in [1.82, 2.24) is 4.90 Å². The molecule has 2 heterocycles. The van der Waals surface area contributed by atoms with Crippen molar-refractivity contribution in [2.24, 2.45) is 5.41 Å². The molecular formula is C8H14BNO. The van der Waals surface area contributed by atoms with Gasteiger partial charge >= 0.3 is 0 Å². The van der Waals surface area contributed by atoms with E-state index in [4.69, 9.17) is 12.6 Å². The van der Waals surface area contributed by atoms with E-state index >= 15 is 0 Å². The molecule has 2 radical (unpaired) electrons. The number of nitrogens with zero attached hydrogens (tertiary/aromatic N) is 1. The highest BCUT2D eigenvalue weighted by Gasteiger charge is 2.40. The predicted molar refractivity (Wildman–Crippen MR) is 44.7 cm³/mol. The Hall–Kier alpha value is -0.0151. The zero-order valence-electron chi connectivity index (χ0n) is 6.88. The van der Waals surface area contributed by atoms with Gasteiger partial charge in [0.05, 0.1) is 21.1 Å². The first-order chi connectivity index (χ1) is 5.35. The van der Waals surface area contributed by atoms with Gasteiger partial charge in [0.2, 0.25) is 0 Å². The summed E-state index contributed by atoms with van der Waals surface area (Å²) in [6.07, 6.45) is 3.28. The summed E-state index contributed by atoms with van der Waals surface area (Å²) >= 11 is 0. The second-order valence-electron chi connectivity index (χ2n) is 3.79. The average Bonchev–Trinajstić information content (AvgIpc) is 2.02. The van der Waals surface area contributed by atoms with E-state index in [1.54, 1.807) is 0 Å². The summed E-state index contributed by atoms with van der Waals surface area (Å²) in [6, 6.07) is 0. The van der Waals surface area contributed by atoms with E-state index < -0.39 is 0 Å². The van der Waals surface area contributed by atoms with Crippen LogP contribution in [0.1, 0.15) is 12.8 Å². The highest BCUT2D eigenvalue weighted by atomic mass is 16.5. The Balaban J connectivity index is 1.84. The Morgan fingerprint density at radius 2 is 1.91 bits per heavy atom. The molecule has 0 atom stereocenters. The first-order valence-corrected chi connectivity index (χ1v) is 4.35. The number of hydrogen-bond acceptors (Lipinski definition) is 2. The van der Waals surface area contributed by atoms with Crippen LogP contribution in [0.4, 0.5) is 0 Å². The largest absolute Gasteiger partial charge is 0.380 e. The summed E-state index contributed by atoms with van der Waals surface area (Å²) in [5.74, 6) is 0. The Bertz CT molecular complexity index is 137. The van der Waals surface area contributed by atoms with Crippen LogP contribution in [-0.4, -0.2) is 45.5 Å². The number of ether oxygens (including phenoxy) is 1. The number of rotatable bonds is 1. The van der Waals surface area contributed by atoms with Crippen molar-refractivity contribution >= 4 is 7.85 Å². The monoisotopic (exact) mass is 151 g/mol. The van der Waals surface area contributed by atoms with E-state index in [0.29, 0.717) is 5.41 Å². The summed E-state index contributed by atoms with van der Waals surface area (Å²) in [5, 5.41) is 0. The van der Waals surface area contributed by atoms with E-state index in [1.807, 2.05) is 0 Å². The van der Waals surface area contributed by atoms with Gasteiger partial charge in [-0.25, -0.2) is 0 Å². The van der Waals surface area contributed by atoms with Gasteiger partial charge in [0, 0.05) is 5.41 Å². The van der Waals surface area contributed by atoms with Crippen molar-refractivity contribution in [1.29, 1.82) is 0 Å². The lowest BCUT2D eigenvalue weighted by Gasteiger charge is -2.47. The molecular weight excluding hydrogens is 137 g/mol. The van der Waals surface area contributed by atoms with E-state index in [9.17, 15) is 0 Å². The molecule has 0 aliphatic carbocycles. The van der Waals surface area contributed by atoms with Crippen LogP contribution in [0.5, 0.6) is 0 Å². The van der Waals surface area contributed by atoms with Crippen LogP contribution in [0.25, 0.3) is 0 Å². The van der Waals surface area contributed by atoms with Crippen molar-refractivity contribution < 1.29 is 4.74 Å². The van der Waals surface area contributed by atoms with Gasteiger partial charge in [-0.05, 0) is 32.4 Å². The molecule has 0 bridgehead atoms. The second kappa shape index (κ2) is 2.79. The molecule has 2 aliphatic rings. The van der Waals surface area contributed by atoms with Gasteiger partial charge < -0.3 is 9.64 Å². The minimum absolute atomic E-state index is 0.561. The zero-order chi connectivity index (χ0) is 7.73. The maximum atomic E-state index is 5.55. The molecule has 0 aromatic heterocycles. The fourth-order valence-electron chi connectivity index (χ4n) is 1.89. The van der Waals surface area contributed by atoms with Crippen LogP contribution in [0.3, 0.4) is 0 Å². The summed E-state index contributed by atoms with van der Waals surface area (Å²) in [6.45, 7) is 4.32. The van der Waals surface area contributed by atoms with E-state index in [0.717, 1.165) is 19.7 Å². The van der Waals surface area contributed by atoms with Crippen molar-refractivity contribution in [3.05, 3.63) is 0 Å². The Kier molecular flexibility index (Phi) is 1.94. The van der Waals surface area contributed by atoms with Crippen molar-refractivity contribution in [2.45, 2.75) is 12.8 Å². The molecule has 11 heavy (non-hydrogen) atoms. The molecule has 0 unspecified atom stereocenters. The molecule has 0 N–H and O–H groups in total. The maximum absolute atomic E-state index is 5.55. The van der Waals surface area contributed by atoms with E-state index in [1.165, 1.54) is 25.9 Å². The van der Waals surface area contributed by atoms with Crippen LogP contribution in [0.15, 0.2) is 0 Å². The van der Waals surface area contributed by atoms with E-state index in [-0.39, 0.29) is 0 Å². The van der Waals surface area contributed by atoms with Crippen LogP contribution < -0.4 is 0 Å². The SMILES string of the molecule is [B]CN1CCC2(CC1)COC2. The highest BCUT2D eigenvalue weighted by molar-refractivity contribution is 6.08. The van der Waals surface area contributed by atoms with Gasteiger partial charge in [0.15, 0.2) is 0 Å².